The molecule has 0 bridgehead atoms. The van der Waals surface area contributed by atoms with Gasteiger partial charge in [-0.1, -0.05) is 29.2 Å². The van der Waals surface area contributed by atoms with Gasteiger partial charge in [-0.3, -0.25) is 15.1 Å². The van der Waals surface area contributed by atoms with E-state index in [1.165, 1.54) is 22.7 Å². The fourth-order valence-corrected chi connectivity index (χ4v) is 4.13. The highest BCUT2D eigenvalue weighted by atomic mass is 32.2. The highest BCUT2D eigenvalue weighted by Crippen LogP contribution is 2.28. The van der Waals surface area contributed by atoms with Crippen molar-refractivity contribution in [1.29, 1.82) is 0 Å². The molecule has 3 heterocycles. The zero-order valence-corrected chi connectivity index (χ0v) is 14.1. The Hall–Kier alpha value is -1.77. The van der Waals surface area contributed by atoms with Crippen LogP contribution in [0.15, 0.2) is 40.3 Å². The molecule has 3 rings (SSSR count). The van der Waals surface area contributed by atoms with E-state index in [0.29, 0.717) is 10.0 Å². The minimum atomic E-state index is -0.141. The summed E-state index contributed by atoms with van der Waals surface area (Å²) in [6.07, 6.45) is 3.58. The van der Waals surface area contributed by atoms with Gasteiger partial charge in [-0.25, -0.2) is 0 Å². The van der Waals surface area contributed by atoms with Crippen LogP contribution in [0.3, 0.4) is 0 Å². The first-order valence-electron chi connectivity index (χ1n) is 6.42. The molecule has 0 aliphatic heterocycles. The number of rotatable bonds is 5. The predicted octanol–water partition coefficient (Wildman–Crippen LogP) is 3.85. The van der Waals surface area contributed by atoms with E-state index >= 15 is 0 Å². The predicted molar refractivity (Wildman–Crippen MR) is 90.7 cm³/mol. The fraction of sp³-hybridized carbons (Fsp3) is 0.143. The summed E-state index contributed by atoms with van der Waals surface area (Å²) in [5.41, 5.74) is 2.21. The Morgan fingerprint density at radius 1 is 1.41 bits per heavy atom. The molecule has 1 amide bonds. The van der Waals surface area contributed by atoms with Crippen LogP contribution >= 0.6 is 34.4 Å². The fourth-order valence-electron chi connectivity index (χ4n) is 1.66. The number of carbonyl (C=O) groups is 1. The van der Waals surface area contributed by atoms with Crippen molar-refractivity contribution < 1.29 is 4.79 Å². The SMILES string of the molecule is Cc1csc(C(=O)Nc2nnc(SCc3cccnc3)s2)c1. The normalized spacial score (nSPS) is 10.6. The van der Waals surface area contributed by atoms with Crippen molar-refractivity contribution in [3.8, 4) is 0 Å². The zero-order chi connectivity index (χ0) is 15.4. The Morgan fingerprint density at radius 2 is 2.32 bits per heavy atom. The van der Waals surface area contributed by atoms with E-state index < -0.39 is 0 Å². The average Bonchev–Trinajstić information content (AvgIpc) is 3.15. The summed E-state index contributed by atoms with van der Waals surface area (Å²) < 4.78 is 0.821. The lowest BCUT2D eigenvalue weighted by Crippen LogP contribution is -2.09. The summed E-state index contributed by atoms with van der Waals surface area (Å²) in [6, 6.07) is 5.78. The Balaban J connectivity index is 1.58. The topological polar surface area (TPSA) is 67.8 Å². The van der Waals surface area contributed by atoms with Gasteiger partial charge in [0.15, 0.2) is 4.34 Å². The first-order valence-corrected chi connectivity index (χ1v) is 9.10. The van der Waals surface area contributed by atoms with Crippen LogP contribution in [-0.2, 0) is 5.75 Å². The van der Waals surface area contributed by atoms with Crippen LogP contribution in [0, 0.1) is 6.92 Å². The van der Waals surface area contributed by atoms with Gasteiger partial charge in [-0.15, -0.1) is 21.5 Å². The summed E-state index contributed by atoms with van der Waals surface area (Å²) >= 11 is 4.38. The molecule has 0 spiro atoms. The number of thiophene rings is 1. The van der Waals surface area contributed by atoms with Crippen LogP contribution in [0.5, 0.6) is 0 Å². The molecule has 0 aromatic carbocycles. The first kappa shape index (κ1) is 15.1. The van der Waals surface area contributed by atoms with Crippen LogP contribution in [0.4, 0.5) is 5.13 Å². The molecule has 3 aromatic rings. The van der Waals surface area contributed by atoms with Crippen LogP contribution < -0.4 is 5.32 Å². The highest BCUT2D eigenvalue weighted by molar-refractivity contribution is 8.00. The number of nitrogens with one attached hydrogen (secondary N) is 1. The van der Waals surface area contributed by atoms with Crippen molar-refractivity contribution in [3.63, 3.8) is 0 Å². The minimum absolute atomic E-state index is 0.141. The monoisotopic (exact) mass is 348 g/mol. The molecule has 0 radical (unpaired) electrons. The van der Waals surface area contributed by atoms with Crippen molar-refractivity contribution >= 4 is 45.5 Å². The molecule has 0 atom stereocenters. The van der Waals surface area contributed by atoms with E-state index in [4.69, 9.17) is 0 Å². The molecular weight excluding hydrogens is 336 g/mol. The molecule has 5 nitrogen and oxygen atoms in total. The summed E-state index contributed by atoms with van der Waals surface area (Å²) in [5.74, 6) is 0.638. The number of nitrogens with zero attached hydrogens (tertiary/aromatic N) is 3. The molecule has 0 saturated carbocycles. The second kappa shape index (κ2) is 6.99. The maximum absolute atomic E-state index is 12.0. The Bertz CT molecular complexity index is 769. The lowest BCUT2D eigenvalue weighted by Gasteiger charge is -1.97. The third-order valence-corrected chi connectivity index (χ3v) is 5.76. The second-order valence-electron chi connectivity index (χ2n) is 4.47. The number of aryl methyl sites for hydroxylation is 1. The third-order valence-electron chi connectivity index (χ3n) is 2.67. The number of hydrogen-bond donors (Lipinski definition) is 1. The molecule has 0 saturated heterocycles. The van der Waals surface area contributed by atoms with Gasteiger partial charge in [-0.05, 0) is 35.6 Å². The lowest BCUT2D eigenvalue weighted by molar-refractivity contribution is 0.103. The number of thioether (sulfide) groups is 1. The van der Waals surface area contributed by atoms with Gasteiger partial charge < -0.3 is 0 Å². The molecular formula is C14H12N4OS3. The van der Waals surface area contributed by atoms with Gasteiger partial charge in [0, 0.05) is 18.1 Å². The first-order chi connectivity index (χ1) is 10.7. The Morgan fingerprint density at radius 3 is 3.05 bits per heavy atom. The number of hydrogen-bond acceptors (Lipinski definition) is 7. The maximum Gasteiger partial charge on any atom is 0.267 e. The van der Waals surface area contributed by atoms with Gasteiger partial charge in [0.05, 0.1) is 4.88 Å². The van der Waals surface area contributed by atoms with Crippen LogP contribution in [0.25, 0.3) is 0 Å². The smallest absolute Gasteiger partial charge is 0.267 e. The lowest BCUT2D eigenvalue weighted by atomic mass is 10.3. The zero-order valence-electron chi connectivity index (χ0n) is 11.6. The summed E-state index contributed by atoms with van der Waals surface area (Å²) in [4.78, 5) is 16.8. The van der Waals surface area contributed by atoms with E-state index in [1.807, 2.05) is 36.7 Å². The number of aromatic nitrogens is 3. The van der Waals surface area contributed by atoms with E-state index in [1.54, 1.807) is 18.0 Å². The van der Waals surface area contributed by atoms with Gasteiger partial charge in [0.25, 0.3) is 5.91 Å². The van der Waals surface area contributed by atoms with Crippen LogP contribution in [0.2, 0.25) is 0 Å². The van der Waals surface area contributed by atoms with Gasteiger partial charge in [0.1, 0.15) is 0 Å². The minimum Gasteiger partial charge on any atom is -0.296 e. The maximum atomic E-state index is 12.0. The number of amides is 1. The van der Waals surface area contributed by atoms with E-state index in [0.717, 1.165) is 21.2 Å². The third kappa shape index (κ3) is 3.90. The summed E-state index contributed by atoms with van der Waals surface area (Å²) in [6.45, 7) is 1.96. The number of anilines is 1. The van der Waals surface area contributed by atoms with Crippen molar-refractivity contribution in [2.24, 2.45) is 0 Å². The number of pyridine rings is 1. The molecule has 112 valence electrons. The average molecular weight is 348 g/mol. The van der Waals surface area contributed by atoms with Gasteiger partial charge in [0.2, 0.25) is 5.13 Å². The highest BCUT2D eigenvalue weighted by Gasteiger charge is 2.12. The summed E-state index contributed by atoms with van der Waals surface area (Å²) in [7, 11) is 0. The molecule has 0 aliphatic rings. The van der Waals surface area contributed by atoms with Crippen LogP contribution in [0.1, 0.15) is 20.8 Å². The Labute approximate surface area is 139 Å². The standard InChI is InChI=1S/C14H12N4OS3/c1-9-5-11(20-7-9)12(19)16-13-17-18-14(22-13)21-8-10-3-2-4-15-6-10/h2-7H,8H2,1H3,(H,16,17,19). The molecule has 0 fully saturated rings. The summed E-state index contributed by atoms with van der Waals surface area (Å²) in [5, 5.41) is 13.3. The quantitative estimate of drug-likeness (QED) is 0.560. The molecule has 0 aliphatic carbocycles. The van der Waals surface area contributed by atoms with Crippen LogP contribution in [-0.4, -0.2) is 21.1 Å². The molecule has 8 heteroatoms. The largest absolute Gasteiger partial charge is 0.296 e. The second-order valence-corrected chi connectivity index (χ2v) is 7.58. The van der Waals surface area contributed by atoms with Crippen molar-refractivity contribution in [2.45, 2.75) is 17.0 Å². The van der Waals surface area contributed by atoms with Crippen molar-refractivity contribution in [3.05, 3.63) is 52.0 Å². The van der Waals surface area contributed by atoms with E-state index in [9.17, 15) is 4.79 Å². The Kier molecular flexibility index (Phi) is 4.81. The van der Waals surface area contributed by atoms with Crippen molar-refractivity contribution in [2.75, 3.05) is 5.32 Å². The van der Waals surface area contributed by atoms with Crippen molar-refractivity contribution in [1.82, 2.24) is 15.2 Å². The molecule has 1 N–H and O–H groups in total. The van der Waals surface area contributed by atoms with E-state index in [-0.39, 0.29) is 5.91 Å². The molecule has 0 unspecified atom stereocenters. The molecule has 22 heavy (non-hydrogen) atoms. The van der Waals surface area contributed by atoms with E-state index in [2.05, 4.69) is 20.5 Å². The number of carbonyl (C=O) groups excluding carboxylic acids is 1. The van der Waals surface area contributed by atoms with Gasteiger partial charge in [-0.2, -0.15) is 0 Å². The molecule has 3 aromatic heterocycles. The van der Waals surface area contributed by atoms with Gasteiger partial charge >= 0.3 is 0 Å².